The SMILES string of the molecule is CCC(O)N(C)c1ccc(CN)cn1. The van der Waals surface area contributed by atoms with E-state index in [1.54, 1.807) is 11.1 Å². The molecule has 1 atom stereocenters. The zero-order valence-electron chi connectivity index (χ0n) is 8.64. The summed E-state index contributed by atoms with van der Waals surface area (Å²) >= 11 is 0. The van der Waals surface area contributed by atoms with Crippen LogP contribution in [0.4, 0.5) is 5.82 Å². The lowest BCUT2D eigenvalue weighted by atomic mass is 10.3. The molecule has 0 spiro atoms. The number of nitrogens with zero attached hydrogens (tertiary/aromatic N) is 2. The molecule has 1 aromatic heterocycles. The maximum atomic E-state index is 9.57. The molecule has 14 heavy (non-hydrogen) atoms. The van der Waals surface area contributed by atoms with Crippen LogP contribution in [-0.2, 0) is 6.54 Å². The Labute approximate surface area is 84.4 Å². The predicted molar refractivity (Wildman–Crippen MR) is 56.8 cm³/mol. The number of aromatic nitrogens is 1. The quantitative estimate of drug-likeness (QED) is 0.694. The minimum atomic E-state index is -0.480. The number of aliphatic hydroxyl groups is 1. The lowest BCUT2D eigenvalue weighted by Crippen LogP contribution is -2.31. The third kappa shape index (κ3) is 2.43. The van der Waals surface area contributed by atoms with Crippen LogP contribution in [-0.4, -0.2) is 23.4 Å². The summed E-state index contributed by atoms with van der Waals surface area (Å²) in [6, 6.07) is 3.78. The molecule has 4 nitrogen and oxygen atoms in total. The zero-order valence-corrected chi connectivity index (χ0v) is 8.64. The molecule has 0 aliphatic carbocycles. The predicted octanol–water partition coefficient (Wildman–Crippen LogP) is 0.705. The molecule has 0 aliphatic rings. The highest BCUT2D eigenvalue weighted by Gasteiger charge is 2.09. The van der Waals surface area contributed by atoms with Gasteiger partial charge in [0.2, 0.25) is 0 Å². The summed E-state index contributed by atoms with van der Waals surface area (Å²) in [7, 11) is 1.82. The van der Waals surface area contributed by atoms with Gasteiger partial charge in [-0.2, -0.15) is 0 Å². The number of hydrogen-bond donors (Lipinski definition) is 2. The van der Waals surface area contributed by atoms with E-state index in [1.807, 2.05) is 26.1 Å². The van der Waals surface area contributed by atoms with Crippen molar-refractivity contribution in [2.75, 3.05) is 11.9 Å². The molecular weight excluding hydrogens is 178 g/mol. The van der Waals surface area contributed by atoms with Crippen molar-refractivity contribution in [2.45, 2.75) is 26.1 Å². The number of rotatable bonds is 4. The maximum absolute atomic E-state index is 9.57. The Bertz CT molecular complexity index is 273. The molecule has 78 valence electrons. The average Bonchev–Trinajstić information content (AvgIpc) is 2.27. The smallest absolute Gasteiger partial charge is 0.130 e. The summed E-state index contributed by atoms with van der Waals surface area (Å²) in [4.78, 5) is 5.94. The highest BCUT2D eigenvalue weighted by atomic mass is 16.3. The van der Waals surface area contributed by atoms with E-state index in [1.165, 1.54) is 0 Å². The first-order valence-corrected chi connectivity index (χ1v) is 4.75. The molecule has 0 aliphatic heterocycles. The van der Waals surface area contributed by atoms with Gasteiger partial charge in [-0.1, -0.05) is 13.0 Å². The normalized spacial score (nSPS) is 12.6. The van der Waals surface area contributed by atoms with Crippen molar-refractivity contribution in [3.8, 4) is 0 Å². The zero-order chi connectivity index (χ0) is 10.6. The Morgan fingerprint density at radius 1 is 1.57 bits per heavy atom. The van der Waals surface area contributed by atoms with Gasteiger partial charge in [0.15, 0.2) is 0 Å². The number of hydrogen-bond acceptors (Lipinski definition) is 4. The van der Waals surface area contributed by atoms with Gasteiger partial charge < -0.3 is 15.7 Å². The van der Waals surface area contributed by atoms with Crippen LogP contribution in [0, 0.1) is 0 Å². The average molecular weight is 195 g/mol. The molecule has 1 aromatic rings. The topological polar surface area (TPSA) is 62.4 Å². The van der Waals surface area contributed by atoms with Crippen LogP contribution >= 0.6 is 0 Å². The van der Waals surface area contributed by atoms with Crippen LogP contribution < -0.4 is 10.6 Å². The number of aliphatic hydroxyl groups excluding tert-OH is 1. The third-order valence-electron chi connectivity index (χ3n) is 2.22. The molecule has 1 rings (SSSR count). The monoisotopic (exact) mass is 195 g/mol. The van der Waals surface area contributed by atoms with Gasteiger partial charge in [-0.05, 0) is 18.1 Å². The summed E-state index contributed by atoms with van der Waals surface area (Å²) in [5, 5.41) is 9.57. The van der Waals surface area contributed by atoms with E-state index in [2.05, 4.69) is 4.98 Å². The van der Waals surface area contributed by atoms with Gasteiger partial charge in [-0.15, -0.1) is 0 Å². The molecule has 0 amide bonds. The molecule has 0 bridgehead atoms. The second kappa shape index (κ2) is 4.93. The number of anilines is 1. The van der Waals surface area contributed by atoms with Crippen LogP contribution in [0.25, 0.3) is 0 Å². The molecule has 0 aromatic carbocycles. The Morgan fingerprint density at radius 2 is 2.29 bits per heavy atom. The molecular formula is C10H17N3O. The second-order valence-electron chi connectivity index (χ2n) is 3.23. The van der Waals surface area contributed by atoms with Gasteiger partial charge in [0.25, 0.3) is 0 Å². The molecule has 1 heterocycles. The summed E-state index contributed by atoms with van der Waals surface area (Å²) in [6.45, 7) is 2.42. The lowest BCUT2D eigenvalue weighted by Gasteiger charge is -2.23. The summed E-state index contributed by atoms with van der Waals surface area (Å²) in [5.74, 6) is 0.761. The molecule has 0 fully saturated rings. The van der Waals surface area contributed by atoms with Crippen LogP contribution in [0.5, 0.6) is 0 Å². The fourth-order valence-electron chi connectivity index (χ4n) is 1.17. The van der Waals surface area contributed by atoms with Crippen molar-refractivity contribution < 1.29 is 5.11 Å². The molecule has 0 saturated carbocycles. The number of nitrogens with two attached hydrogens (primary N) is 1. The highest BCUT2D eigenvalue weighted by molar-refractivity contribution is 5.38. The van der Waals surface area contributed by atoms with Crippen molar-refractivity contribution >= 4 is 5.82 Å². The van der Waals surface area contributed by atoms with Crippen molar-refractivity contribution in [2.24, 2.45) is 5.73 Å². The fourth-order valence-corrected chi connectivity index (χ4v) is 1.17. The van der Waals surface area contributed by atoms with E-state index < -0.39 is 6.23 Å². The molecule has 0 saturated heterocycles. The van der Waals surface area contributed by atoms with Gasteiger partial charge in [-0.25, -0.2) is 4.98 Å². The van der Waals surface area contributed by atoms with Crippen LogP contribution in [0.15, 0.2) is 18.3 Å². The van der Waals surface area contributed by atoms with E-state index in [0.717, 1.165) is 11.4 Å². The van der Waals surface area contributed by atoms with Gasteiger partial charge in [0.05, 0.1) is 0 Å². The molecule has 1 unspecified atom stereocenters. The van der Waals surface area contributed by atoms with E-state index in [0.29, 0.717) is 13.0 Å². The first kappa shape index (κ1) is 10.9. The lowest BCUT2D eigenvalue weighted by molar-refractivity contribution is 0.170. The minimum absolute atomic E-state index is 0.480. The summed E-state index contributed by atoms with van der Waals surface area (Å²) in [5.41, 5.74) is 6.45. The van der Waals surface area contributed by atoms with Gasteiger partial charge >= 0.3 is 0 Å². The Balaban J connectivity index is 2.75. The minimum Gasteiger partial charge on any atom is -0.374 e. The first-order chi connectivity index (χ1) is 6.69. The van der Waals surface area contributed by atoms with Crippen molar-refractivity contribution in [1.29, 1.82) is 0 Å². The van der Waals surface area contributed by atoms with Gasteiger partial charge in [-0.3, -0.25) is 0 Å². The summed E-state index contributed by atoms with van der Waals surface area (Å²) in [6.07, 6.45) is 1.93. The standard InChI is InChI=1S/C10H17N3O/c1-3-10(14)13(2)9-5-4-8(6-11)7-12-9/h4-5,7,10,14H,3,6,11H2,1-2H3. The van der Waals surface area contributed by atoms with Crippen molar-refractivity contribution in [3.63, 3.8) is 0 Å². The van der Waals surface area contributed by atoms with E-state index >= 15 is 0 Å². The molecule has 0 radical (unpaired) electrons. The molecule has 3 N–H and O–H groups in total. The van der Waals surface area contributed by atoms with Crippen molar-refractivity contribution in [3.05, 3.63) is 23.9 Å². The fraction of sp³-hybridized carbons (Fsp3) is 0.500. The van der Waals surface area contributed by atoms with E-state index in [4.69, 9.17) is 5.73 Å². The highest BCUT2D eigenvalue weighted by Crippen LogP contribution is 2.12. The van der Waals surface area contributed by atoms with Crippen molar-refractivity contribution in [1.82, 2.24) is 4.98 Å². The van der Waals surface area contributed by atoms with Crippen LogP contribution in [0.2, 0.25) is 0 Å². The maximum Gasteiger partial charge on any atom is 0.130 e. The van der Waals surface area contributed by atoms with E-state index in [-0.39, 0.29) is 0 Å². The Kier molecular flexibility index (Phi) is 3.85. The van der Waals surface area contributed by atoms with Gasteiger partial charge in [0, 0.05) is 19.8 Å². The largest absolute Gasteiger partial charge is 0.374 e. The number of pyridine rings is 1. The molecule has 4 heteroatoms. The first-order valence-electron chi connectivity index (χ1n) is 4.75. The third-order valence-corrected chi connectivity index (χ3v) is 2.22. The van der Waals surface area contributed by atoms with E-state index in [9.17, 15) is 5.11 Å². The summed E-state index contributed by atoms with van der Waals surface area (Å²) < 4.78 is 0. The van der Waals surface area contributed by atoms with Crippen LogP contribution in [0.1, 0.15) is 18.9 Å². The van der Waals surface area contributed by atoms with Gasteiger partial charge in [0.1, 0.15) is 12.0 Å². The Hall–Kier alpha value is -1.13. The van der Waals surface area contributed by atoms with Crippen LogP contribution in [0.3, 0.4) is 0 Å². The second-order valence-corrected chi connectivity index (χ2v) is 3.23. The Morgan fingerprint density at radius 3 is 2.71 bits per heavy atom.